The van der Waals surface area contributed by atoms with Gasteiger partial charge in [0.25, 0.3) is 17.4 Å². The highest BCUT2D eigenvalue weighted by Gasteiger charge is 2.54. The van der Waals surface area contributed by atoms with Crippen LogP contribution < -0.4 is 16.6 Å². The zero-order valence-electron chi connectivity index (χ0n) is 17.8. The van der Waals surface area contributed by atoms with Crippen LogP contribution in [0.1, 0.15) is 5.69 Å². The molecule has 4 N–H and O–H groups in total. The summed E-state index contributed by atoms with van der Waals surface area (Å²) in [7, 11) is 1.27. The lowest BCUT2D eigenvalue weighted by Gasteiger charge is -2.49. The van der Waals surface area contributed by atoms with E-state index in [0.29, 0.717) is 11.0 Å². The Morgan fingerprint density at radius 3 is 2.80 bits per heavy atom. The highest BCUT2D eigenvalue weighted by molar-refractivity contribution is 8.00. The van der Waals surface area contributed by atoms with E-state index in [1.807, 2.05) is 5.38 Å². The second-order valence-corrected chi connectivity index (χ2v) is 11.2. The van der Waals surface area contributed by atoms with Crippen molar-refractivity contribution in [2.24, 2.45) is 5.16 Å². The molecule has 0 saturated carbocycles. The predicted octanol–water partition coefficient (Wildman–Crippen LogP) is 0.952. The second-order valence-electron chi connectivity index (χ2n) is 7.39. The average molecular weight is 553 g/mol. The van der Waals surface area contributed by atoms with Crippen LogP contribution in [0.15, 0.2) is 37.4 Å². The van der Waals surface area contributed by atoms with Gasteiger partial charge in [0.15, 0.2) is 10.8 Å². The van der Waals surface area contributed by atoms with Gasteiger partial charge in [0.05, 0.1) is 16.6 Å². The molecule has 0 radical (unpaired) electrons. The zero-order valence-corrected chi connectivity index (χ0v) is 21.1. The molecule has 16 heteroatoms. The number of hydrogen-bond donors (Lipinski definition) is 3. The van der Waals surface area contributed by atoms with Crippen molar-refractivity contribution in [3.8, 4) is 0 Å². The largest absolute Gasteiger partial charge is 0.477 e. The third kappa shape index (κ3) is 4.01. The van der Waals surface area contributed by atoms with Gasteiger partial charge in [0.2, 0.25) is 0 Å². The van der Waals surface area contributed by atoms with Crippen LogP contribution in [-0.2, 0) is 25.8 Å². The maximum atomic E-state index is 13.0. The Labute approximate surface area is 212 Å². The van der Waals surface area contributed by atoms with Gasteiger partial charge in [-0.05, 0) is 5.57 Å². The molecular weight excluding hydrogens is 537 g/mol. The van der Waals surface area contributed by atoms with Crippen LogP contribution in [0.25, 0.3) is 10.1 Å². The van der Waals surface area contributed by atoms with E-state index in [0.717, 1.165) is 20.9 Å². The summed E-state index contributed by atoms with van der Waals surface area (Å²) in [5.74, 6) is -2.26. The standard InChI is InChI=1S/C19H16N6O6S4/c1-31-23-11(9-5-34-19(20)21-9)14(26)22-12-16(28)25-13(18(29)30)7(3-33-17(12)25)2-24-15(27)8-4-32-6-10(8)35-24/h4-6,12,17H,2-3H2,1H3,(H2,20,21)(H,22,26)(H,29,30)/t12-,17-/m1/s1. The Kier molecular flexibility index (Phi) is 6.12. The molecule has 2 aliphatic rings. The minimum Gasteiger partial charge on any atom is -0.477 e. The van der Waals surface area contributed by atoms with Crippen molar-refractivity contribution in [2.75, 3.05) is 18.6 Å². The van der Waals surface area contributed by atoms with E-state index in [4.69, 9.17) is 10.6 Å². The maximum absolute atomic E-state index is 13.0. The van der Waals surface area contributed by atoms with E-state index in [1.165, 1.54) is 51.1 Å². The summed E-state index contributed by atoms with van der Waals surface area (Å²) in [5, 5.41) is 21.6. The number of fused-ring (bicyclic) bond motifs is 2. The number of carboxylic acid groups (broad SMARTS) is 1. The topological polar surface area (TPSA) is 169 Å². The van der Waals surface area contributed by atoms with Crippen molar-refractivity contribution in [3.05, 3.63) is 43.5 Å². The van der Waals surface area contributed by atoms with Gasteiger partial charge in [-0.25, -0.2) is 9.78 Å². The van der Waals surface area contributed by atoms with Gasteiger partial charge in [-0.2, -0.15) is 11.3 Å². The second kappa shape index (κ2) is 9.10. The van der Waals surface area contributed by atoms with Crippen LogP contribution >= 0.6 is 46.0 Å². The van der Waals surface area contributed by atoms with Gasteiger partial charge in [-0.3, -0.25) is 23.2 Å². The number of amides is 2. The number of thioether (sulfide) groups is 1. The molecule has 2 aliphatic heterocycles. The summed E-state index contributed by atoms with van der Waals surface area (Å²) in [6.07, 6.45) is 0. The third-order valence-electron chi connectivity index (χ3n) is 5.32. The number of carboxylic acids is 1. The minimum absolute atomic E-state index is 0.0703. The van der Waals surface area contributed by atoms with Crippen molar-refractivity contribution in [1.82, 2.24) is 19.2 Å². The Bertz CT molecular complexity index is 1480. The van der Waals surface area contributed by atoms with Crippen molar-refractivity contribution >= 4 is 84.7 Å². The molecule has 2 atom stereocenters. The van der Waals surface area contributed by atoms with E-state index in [-0.39, 0.29) is 40.1 Å². The molecule has 0 spiro atoms. The van der Waals surface area contributed by atoms with E-state index >= 15 is 0 Å². The first-order chi connectivity index (χ1) is 16.8. The molecule has 3 aromatic rings. The quantitative estimate of drug-likeness (QED) is 0.219. The van der Waals surface area contributed by atoms with Crippen LogP contribution in [0, 0.1) is 0 Å². The molecule has 35 heavy (non-hydrogen) atoms. The van der Waals surface area contributed by atoms with Crippen molar-refractivity contribution in [2.45, 2.75) is 18.0 Å². The molecule has 5 heterocycles. The lowest BCUT2D eigenvalue weighted by molar-refractivity contribution is -0.150. The monoisotopic (exact) mass is 552 g/mol. The Morgan fingerprint density at radius 2 is 2.14 bits per heavy atom. The molecule has 3 aromatic heterocycles. The van der Waals surface area contributed by atoms with Gasteiger partial charge in [-0.1, -0.05) is 16.7 Å². The zero-order chi connectivity index (χ0) is 24.9. The number of carbonyl (C=O) groups excluding carboxylic acids is 2. The van der Waals surface area contributed by atoms with Gasteiger partial charge >= 0.3 is 5.97 Å². The summed E-state index contributed by atoms with van der Waals surface area (Å²) in [6, 6.07) is -0.962. The molecule has 182 valence electrons. The molecule has 0 bridgehead atoms. The lowest BCUT2D eigenvalue weighted by Crippen LogP contribution is -2.71. The van der Waals surface area contributed by atoms with Crippen LogP contribution in [0.4, 0.5) is 5.13 Å². The number of rotatable bonds is 7. The molecule has 1 fully saturated rings. The number of nitrogens with one attached hydrogen (secondary N) is 1. The highest BCUT2D eigenvalue weighted by Crippen LogP contribution is 2.41. The fourth-order valence-electron chi connectivity index (χ4n) is 3.79. The lowest BCUT2D eigenvalue weighted by atomic mass is 10.0. The first-order valence-electron chi connectivity index (χ1n) is 9.89. The number of aliphatic carboxylic acids is 1. The number of nitrogens with two attached hydrogens (primary N) is 1. The van der Waals surface area contributed by atoms with E-state index in [2.05, 4.69) is 15.5 Å². The Morgan fingerprint density at radius 1 is 1.34 bits per heavy atom. The Hall–Kier alpha value is -3.21. The molecule has 0 aliphatic carbocycles. The number of nitrogens with zero attached hydrogens (tertiary/aromatic N) is 4. The first-order valence-corrected chi connectivity index (χ1v) is 13.5. The van der Waals surface area contributed by atoms with Crippen molar-refractivity contribution < 1.29 is 24.3 Å². The fraction of sp³-hybridized carbons (Fsp3) is 0.263. The minimum atomic E-state index is -1.27. The smallest absolute Gasteiger partial charge is 0.352 e. The van der Waals surface area contributed by atoms with Crippen LogP contribution in [0.5, 0.6) is 0 Å². The summed E-state index contributed by atoms with van der Waals surface area (Å²) < 4.78 is 2.32. The van der Waals surface area contributed by atoms with E-state index in [9.17, 15) is 24.3 Å². The fourth-order valence-corrected chi connectivity index (χ4v) is 7.65. The normalized spacial score (nSPS) is 20.1. The number of carbonyl (C=O) groups is 3. The SMILES string of the molecule is CON=C(C(=O)N[C@@H]1C(=O)N2C(C(=O)O)=C(Cn3sc4cscc4c3=O)CS[C@H]12)c1csc(N)n1. The number of β-lactam (4-membered cyclic amide) rings is 1. The van der Waals surface area contributed by atoms with E-state index < -0.39 is 29.2 Å². The molecule has 5 rings (SSSR count). The first kappa shape index (κ1) is 23.5. The number of oxime groups is 1. The van der Waals surface area contributed by atoms with Gasteiger partial charge in [-0.15, -0.1) is 23.1 Å². The van der Waals surface area contributed by atoms with Gasteiger partial charge in [0.1, 0.15) is 29.9 Å². The van der Waals surface area contributed by atoms with Crippen molar-refractivity contribution in [1.29, 1.82) is 0 Å². The molecule has 2 amide bonds. The summed E-state index contributed by atoms with van der Waals surface area (Å²) in [6.45, 7) is 0.0703. The summed E-state index contributed by atoms with van der Waals surface area (Å²) in [4.78, 5) is 60.5. The molecule has 0 aromatic carbocycles. The van der Waals surface area contributed by atoms with Crippen LogP contribution in [0.2, 0.25) is 0 Å². The van der Waals surface area contributed by atoms with Gasteiger partial charge in [0, 0.05) is 21.9 Å². The molecule has 0 unspecified atom stereocenters. The van der Waals surface area contributed by atoms with Crippen molar-refractivity contribution in [3.63, 3.8) is 0 Å². The molecule has 1 saturated heterocycles. The number of aromatic nitrogens is 2. The van der Waals surface area contributed by atoms with E-state index in [1.54, 1.807) is 5.38 Å². The summed E-state index contributed by atoms with van der Waals surface area (Å²) >= 11 is 5.11. The Balaban J connectivity index is 1.37. The number of hydrogen-bond acceptors (Lipinski definition) is 12. The third-order valence-corrected chi connectivity index (χ3v) is 9.28. The molecule has 12 nitrogen and oxygen atoms in total. The average Bonchev–Trinajstić information content (AvgIpc) is 3.54. The van der Waals surface area contributed by atoms with Crippen LogP contribution in [0.3, 0.4) is 0 Å². The maximum Gasteiger partial charge on any atom is 0.352 e. The van der Waals surface area contributed by atoms with Crippen LogP contribution in [-0.4, -0.2) is 66.7 Å². The number of nitrogen functional groups attached to an aromatic ring is 1. The summed E-state index contributed by atoms with van der Waals surface area (Å²) in [5.41, 5.74) is 5.77. The number of anilines is 1. The number of thiophene rings is 1. The number of thiazole rings is 1. The predicted molar refractivity (Wildman–Crippen MR) is 134 cm³/mol. The molecular formula is C19H16N6O6S4. The van der Waals surface area contributed by atoms with Gasteiger partial charge < -0.3 is 21.0 Å². The highest BCUT2D eigenvalue weighted by atomic mass is 32.2.